The van der Waals surface area contributed by atoms with Gasteiger partial charge in [-0.25, -0.2) is 4.21 Å². The smallest absolute Gasteiger partial charge is 0.285 e. The summed E-state index contributed by atoms with van der Waals surface area (Å²) in [5.74, 6) is 0. The molecule has 0 bridgehead atoms. The number of nitrogens with two attached hydrogens (primary N) is 1. The largest absolute Gasteiger partial charge is 0.378 e. The lowest BCUT2D eigenvalue weighted by atomic mass is 10.8. The lowest BCUT2D eigenvalue weighted by molar-refractivity contribution is 0.423. The van der Waals surface area contributed by atoms with Crippen LogP contribution >= 0.6 is 11.8 Å². The first-order valence-corrected chi connectivity index (χ1v) is 4.18. The van der Waals surface area contributed by atoms with Gasteiger partial charge in [0.05, 0.1) is 0 Å². The van der Waals surface area contributed by atoms with Crippen LogP contribution in [0, 0.1) is 5.41 Å². The van der Waals surface area contributed by atoms with E-state index in [0.717, 1.165) is 11.8 Å². The van der Waals surface area contributed by atoms with Crippen molar-refractivity contribution in [2.45, 2.75) is 0 Å². The molecular formula is C3H5N3O2S2. The molecule has 0 spiro atoms. The van der Waals surface area contributed by atoms with Crippen LogP contribution in [0.25, 0.3) is 0 Å². The van der Waals surface area contributed by atoms with Crippen LogP contribution in [0.5, 0.6) is 0 Å². The highest BCUT2D eigenvalue weighted by atomic mass is 32.2. The molecule has 1 aliphatic rings. The number of amidine groups is 1. The molecule has 3 N–H and O–H groups in total. The number of hydrogen-bond donors (Lipinski definition) is 2. The van der Waals surface area contributed by atoms with Crippen molar-refractivity contribution in [1.82, 2.24) is 0 Å². The Bertz CT molecular complexity index is 214. The minimum absolute atomic E-state index is 0.0683. The number of hydrogen-bond acceptors (Lipinski definition) is 4. The van der Waals surface area contributed by atoms with Gasteiger partial charge in [-0.15, -0.1) is 0 Å². The standard InChI is InChI=1S/C3H5N3O2S2/c4-3(5)9-2-1-8-10(7)6-2/h1H2,(H3,4,5). The lowest BCUT2D eigenvalue weighted by Gasteiger charge is -1.91. The van der Waals surface area contributed by atoms with Crippen LogP contribution in [0.1, 0.15) is 0 Å². The second kappa shape index (κ2) is 3.13. The van der Waals surface area contributed by atoms with E-state index in [-0.39, 0.29) is 11.8 Å². The van der Waals surface area contributed by atoms with Crippen LogP contribution in [0.2, 0.25) is 0 Å². The van der Waals surface area contributed by atoms with E-state index in [4.69, 9.17) is 11.1 Å². The maximum absolute atomic E-state index is 10.4. The van der Waals surface area contributed by atoms with Crippen molar-refractivity contribution in [3.05, 3.63) is 0 Å². The van der Waals surface area contributed by atoms with Gasteiger partial charge in [-0.3, -0.25) is 9.59 Å². The van der Waals surface area contributed by atoms with Gasteiger partial charge in [0.1, 0.15) is 11.7 Å². The molecule has 0 fully saturated rings. The Kier molecular flexibility index (Phi) is 2.41. The van der Waals surface area contributed by atoms with Gasteiger partial charge in [0, 0.05) is 0 Å². The summed E-state index contributed by atoms with van der Waals surface area (Å²) in [4.78, 5) is 0. The van der Waals surface area contributed by atoms with Crippen molar-refractivity contribution in [2.24, 2.45) is 10.1 Å². The second-order valence-electron chi connectivity index (χ2n) is 1.43. The van der Waals surface area contributed by atoms with Crippen molar-refractivity contribution in [3.8, 4) is 0 Å². The van der Waals surface area contributed by atoms with Crippen LogP contribution in [-0.2, 0) is 15.4 Å². The first-order chi connectivity index (χ1) is 4.68. The lowest BCUT2D eigenvalue weighted by Crippen LogP contribution is -2.08. The first kappa shape index (κ1) is 7.70. The van der Waals surface area contributed by atoms with Crippen LogP contribution in [0.3, 0.4) is 0 Å². The van der Waals surface area contributed by atoms with E-state index in [9.17, 15) is 4.21 Å². The Hall–Kier alpha value is -0.400. The highest BCUT2D eigenvalue weighted by molar-refractivity contribution is 8.26. The monoisotopic (exact) mass is 179 g/mol. The molecule has 0 aromatic rings. The van der Waals surface area contributed by atoms with Gasteiger partial charge in [-0.05, 0) is 11.8 Å². The molecule has 1 heterocycles. The molecular weight excluding hydrogens is 174 g/mol. The van der Waals surface area contributed by atoms with Crippen LogP contribution in [0.4, 0.5) is 0 Å². The van der Waals surface area contributed by atoms with Gasteiger partial charge in [0.2, 0.25) is 0 Å². The fourth-order valence-electron chi connectivity index (χ4n) is 0.412. The molecule has 5 nitrogen and oxygen atoms in total. The van der Waals surface area contributed by atoms with Crippen molar-refractivity contribution in [2.75, 3.05) is 6.61 Å². The van der Waals surface area contributed by atoms with Gasteiger partial charge in [-0.1, -0.05) is 0 Å². The Morgan fingerprint density at radius 2 is 2.70 bits per heavy atom. The van der Waals surface area contributed by atoms with Crippen molar-refractivity contribution >= 4 is 33.2 Å². The minimum atomic E-state index is -1.55. The van der Waals surface area contributed by atoms with Gasteiger partial charge >= 0.3 is 0 Å². The molecule has 56 valence electrons. The van der Waals surface area contributed by atoms with Crippen molar-refractivity contribution < 1.29 is 8.39 Å². The maximum Gasteiger partial charge on any atom is 0.285 e. The second-order valence-corrected chi connectivity index (χ2v) is 3.40. The number of rotatable bonds is 0. The van der Waals surface area contributed by atoms with Crippen molar-refractivity contribution in [3.63, 3.8) is 0 Å². The van der Waals surface area contributed by atoms with E-state index in [1.165, 1.54) is 0 Å². The number of nitrogens with one attached hydrogen (secondary N) is 1. The van der Waals surface area contributed by atoms with Crippen LogP contribution in [-0.4, -0.2) is 21.0 Å². The number of nitrogens with zero attached hydrogens (tertiary/aromatic N) is 1. The zero-order chi connectivity index (χ0) is 7.56. The zero-order valence-electron chi connectivity index (χ0n) is 4.86. The minimum Gasteiger partial charge on any atom is -0.378 e. The van der Waals surface area contributed by atoms with Crippen molar-refractivity contribution in [1.29, 1.82) is 5.41 Å². The molecule has 10 heavy (non-hydrogen) atoms. The molecule has 1 unspecified atom stereocenters. The third kappa shape index (κ3) is 2.09. The molecule has 1 aliphatic heterocycles. The zero-order valence-corrected chi connectivity index (χ0v) is 6.50. The van der Waals surface area contributed by atoms with E-state index in [1.807, 2.05) is 0 Å². The normalized spacial score (nSPS) is 24.4. The predicted molar refractivity (Wildman–Crippen MR) is 41.0 cm³/mol. The Labute approximate surface area is 64.3 Å². The fraction of sp³-hybridized carbons (Fsp3) is 0.333. The van der Waals surface area contributed by atoms with Gasteiger partial charge < -0.3 is 5.73 Å². The summed E-state index contributed by atoms with van der Waals surface area (Å²) in [6.45, 7) is 0.191. The average molecular weight is 179 g/mol. The highest BCUT2D eigenvalue weighted by Gasteiger charge is 2.14. The van der Waals surface area contributed by atoms with E-state index in [1.54, 1.807) is 0 Å². The summed E-state index contributed by atoms with van der Waals surface area (Å²) in [5, 5.41) is 7.25. The SMILES string of the molecule is N=C(N)SC1=NS(=O)OC1. The fourth-order valence-corrected chi connectivity index (χ4v) is 1.67. The molecule has 7 heteroatoms. The highest BCUT2D eigenvalue weighted by Crippen LogP contribution is 2.11. The average Bonchev–Trinajstić information content (AvgIpc) is 2.13. The quantitative estimate of drug-likeness (QED) is 0.392. The summed E-state index contributed by atoms with van der Waals surface area (Å²) >= 11 is -0.596. The Morgan fingerprint density at radius 1 is 2.00 bits per heavy atom. The summed E-state index contributed by atoms with van der Waals surface area (Å²) in [5.41, 5.74) is 5.03. The third-order valence-electron chi connectivity index (χ3n) is 0.687. The van der Waals surface area contributed by atoms with E-state index >= 15 is 0 Å². The molecule has 1 atom stereocenters. The predicted octanol–water partition coefficient (Wildman–Crippen LogP) is -0.380. The molecule has 0 saturated carbocycles. The molecule has 0 amide bonds. The van der Waals surface area contributed by atoms with Gasteiger partial charge in [-0.2, -0.15) is 4.40 Å². The molecule has 1 rings (SSSR count). The van der Waals surface area contributed by atoms with E-state index < -0.39 is 11.3 Å². The molecule has 0 aromatic heterocycles. The maximum atomic E-state index is 10.4. The summed E-state index contributed by atoms with van der Waals surface area (Å²) in [7, 11) is 0. The Balaban J connectivity index is 2.50. The summed E-state index contributed by atoms with van der Waals surface area (Å²) in [6, 6.07) is 0. The first-order valence-electron chi connectivity index (χ1n) is 2.33. The van der Waals surface area contributed by atoms with E-state index in [0.29, 0.717) is 5.04 Å². The molecule has 0 aromatic carbocycles. The van der Waals surface area contributed by atoms with E-state index in [2.05, 4.69) is 8.58 Å². The van der Waals surface area contributed by atoms with Crippen LogP contribution in [0.15, 0.2) is 4.40 Å². The van der Waals surface area contributed by atoms with Crippen LogP contribution < -0.4 is 5.73 Å². The summed E-state index contributed by atoms with van der Waals surface area (Å²) in [6.07, 6.45) is 0. The topological polar surface area (TPSA) is 88.5 Å². The van der Waals surface area contributed by atoms with Gasteiger partial charge in [0.15, 0.2) is 5.17 Å². The molecule has 0 aliphatic carbocycles. The molecule has 0 saturated heterocycles. The third-order valence-corrected chi connectivity index (χ3v) is 2.16. The Morgan fingerprint density at radius 3 is 3.10 bits per heavy atom. The van der Waals surface area contributed by atoms with Gasteiger partial charge in [0.25, 0.3) is 11.3 Å². The molecule has 0 radical (unpaired) electrons. The summed E-state index contributed by atoms with van der Waals surface area (Å²) < 4.78 is 18.5. The number of thioether (sulfide) groups is 1.